The van der Waals surface area contributed by atoms with E-state index in [-0.39, 0.29) is 5.78 Å². The van der Waals surface area contributed by atoms with Crippen LogP contribution in [0.3, 0.4) is 0 Å². The molecule has 1 unspecified atom stereocenters. The zero-order valence-electron chi connectivity index (χ0n) is 7.78. The van der Waals surface area contributed by atoms with Crippen molar-refractivity contribution in [1.29, 1.82) is 0 Å². The summed E-state index contributed by atoms with van der Waals surface area (Å²) in [5.74, 6) is 0.00139. The highest BCUT2D eigenvalue weighted by molar-refractivity contribution is 7.98. The Hall–Kier alpha value is -0.800. The van der Waals surface area contributed by atoms with Crippen molar-refractivity contribution >= 4 is 17.5 Å². The van der Waals surface area contributed by atoms with E-state index in [0.29, 0.717) is 0 Å². The van der Waals surface area contributed by atoms with Gasteiger partial charge in [-0.1, -0.05) is 18.2 Å². The van der Waals surface area contributed by atoms with Crippen molar-refractivity contribution in [2.45, 2.75) is 17.9 Å². The van der Waals surface area contributed by atoms with Gasteiger partial charge in [-0.3, -0.25) is 4.79 Å². The van der Waals surface area contributed by atoms with Crippen LogP contribution in [0.25, 0.3) is 0 Å². The van der Waals surface area contributed by atoms with Gasteiger partial charge in [0.1, 0.15) is 0 Å². The average Bonchev–Trinajstić information content (AvgIpc) is 2.16. The van der Waals surface area contributed by atoms with Crippen molar-refractivity contribution in [3.05, 3.63) is 29.8 Å². The fourth-order valence-electron chi connectivity index (χ4n) is 1.14. The van der Waals surface area contributed by atoms with Crippen LogP contribution in [-0.4, -0.2) is 12.0 Å². The Kier molecular flexibility index (Phi) is 3.51. The molecule has 1 aromatic carbocycles. The van der Waals surface area contributed by atoms with E-state index in [2.05, 4.69) is 0 Å². The third-order valence-electron chi connectivity index (χ3n) is 1.91. The summed E-state index contributed by atoms with van der Waals surface area (Å²) in [5, 5.41) is 0. The average molecular weight is 195 g/mol. The number of carbonyl (C=O) groups is 1. The van der Waals surface area contributed by atoms with Gasteiger partial charge in [0.2, 0.25) is 0 Å². The largest absolute Gasteiger partial charge is 0.318 e. The van der Waals surface area contributed by atoms with Gasteiger partial charge in [0.25, 0.3) is 0 Å². The summed E-state index contributed by atoms with van der Waals surface area (Å²) >= 11 is 1.61. The first kappa shape index (κ1) is 10.3. The van der Waals surface area contributed by atoms with E-state index in [1.54, 1.807) is 11.8 Å². The van der Waals surface area contributed by atoms with Crippen LogP contribution in [0.2, 0.25) is 0 Å². The van der Waals surface area contributed by atoms with Crippen LogP contribution in [0.1, 0.15) is 18.5 Å². The van der Waals surface area contributed by atoms with Gasteiger partial charge in [0.15, 0.2) is 5.78 Å². The maximum absolute atomic E-state index is 11.1. The van der Waals surface area contributed by atoms with Gasteiger partial charge in [0, 0.05) is 4.90 Å². The minimum atomic E-state index is -0.483. The van der Waals surface area contributed by atoms with E-state index in [0.717, 1.165) is 10.5 Å². The van der Waals surface area contributed by atoms with E-state index in [9.17, 15) is 4.79 Å². The smallest absolute Gasteiger partial charge is 0.151 e. The number of carbonyl (C=O) groups excluding carboxylic acids is 1. The zero-order chi connectivity index (χ0) is 9.84. The van der Waals surface area contributed by atoms with Crippen LogP contribution in [-0.2, 0) is 4.79 Å². The fraction of sp³-hybridized carbons (Fsp3) is 0.300. The Bertz CT molecular complexity index is 312. The molecule has 1 atom stereocenters. The summed E-state index contributed by atoms with van der Waals surface area (Å²) in [5.41, 5.74) is 6.67. The first-order valence-corrected chi connectivity index (χ1v) is 5.28. The van der Waals surface area contributed by atoms with Crippen LogP contribution >= 0.6 is 11.8 Å². The first-order valence-electron chi connectivity index (χ1n) is 4.05. The molecule has 0 saturated carbocycles. The maximum Gasteiger partial charge on any atom is 0.151 e. The highest BCUT2D eigenvalue weighted by Crippen LogP contribution is 2.24. The molecule has 0 bridgehead atoms. The van der Waals surface area contributed by atoms with Gasteiger partial charge in [-0.15, -0.1) is 11.8 Å². The van der Waals surface area contributed by atoms with Gasteiger partial charge in [-0.25, -0.2) is 0 Å². The zero-order valence-corrected chi connectivity index (χ0v) is 8.60. The highest BCUT2D eigenvalue weighted by atomic mass is 32.2. The van der Waals surface area contributed by atoms with E-state index in [1.165, 1.54) is 6.92 Å². The lowest BCUT2D eigenvalue weighted by Gasteiger charge is -2.11. The SMILES string of the molecule is CSc1ccccc1C(N)C(C)=O. The van der Waals surface area contributed by atoms with Crippen molar-refractivity contribution in [2.24, 2.45) is 5.73 Å². The van der Waals surface area contributed by atoms with Crippen LogP contribution in [0.4, 0.5) is 0 Å². The molecule has 13 heavy (non-hydrogen) atoms. The lowest BCUT2D eigenvalue weighted by molar-refractivity contribution is -0.118. The molecule has 0 spiro atoms. The second kappa shape index (κ2) is 4.44. The molecule has 0 saturated heterocycles. The highest BCUT2D eigenvalue weighted by Gasteiger charge is 2.13. The Morgan fingerprint density at radius 3 is 2.62 bits per heavy atom. The number of rotatable bonds is 3. The fourth-order valence-corrected chi connectivity index (χ4v) is 1.79. The predicted molar refractivity (Wildman–Crippen MR) is 55.8 cm³/mol. The summed E-state index contributed by atoms with van der Waals surface area (Å²) < 4.78 is 0. The molecular formula is C10H13NOS. The quantitative estimate of drug-likeness (QED) is 0.750. The minimum Gasteiger partial charge on any atom is -0.318 e. The standard InChI is InChI=1S/C10H13NOS/c1-7(12)10(11)8-5-3-4-6-9(8)13-2/h3-6,10H,11H2,1-2H3. The van der Waals surface area contributed by atoms with Crippen molar-refractivity contribution in [1.82, 2.24) is 0 Å². The van der Waals surface area contributed by atoms with Gasteiger partial charge in [0.05, 0.1) is 6.04 Å². The molecule has 0 radical (unpaired) electrons. The molecule has 2 nitrogen and oxygen atoms in total. The molecule has 3 heteroatoms. The molecule has 0 aromatic heterocycles. The van der Waals surface area contributed by atoms with E-state index in [1.807, 2.05) is 30.5 Å². The van der Waals surface area contributed by atoms with Crippen molar-refractivity contribution in [3.8, 4) is 0 Å². The monoisotopic (exact) mass is 195 g/mol. The molecule has 2 N–H and O–H groups in total. The topological polar surface area (TPSA) is 43.1 Å². The third kappa shape index (κ3) is 2.32. The summed E-state index contributed by atoms with van der Waals surface area (Å²) in [6.07, 6.45) is 1.98. The number of hydrogen-bond acceptors (Lipinski definition) is 3. The van der Waals surface area contributed by atoms with E-state index < -0.39 is 6.04 Å². The van der Waals surface area contributed by atoms with Crippen LogP contribution < -0.4 is 5.73 Å². The van der Waals surface area contributed by atoms with Gasteiger partial charge < -0.3 is 5.73 Å². The number of ketones is 1. The predicted octanol–water partition coefficient (Wildman–Crippen LogP) is 2.00. The molecule has 70 valence electrons. The molecule has 1 rings (SSSR count). The molecule has 0 aliphatic carbocycles. The molecular weight excluding hydrogens is 182 g/mol. The summed E-state index contributed by atoms with van der Waals surface area (Å²) in [6, 6.07) is 7.24. The summed E-state index contributed by atoms with van der Waals surface area (Å²) in [6.45, 7) is 1.52. The number of Topliss-reactive ketones (excluding diaryl/α,β-unsaturated/α-hetero) is 1. The second-order valence-corrected chi connectivity index (χ2v) is 3.68. The number of hydrogen-bond donors (Lipinski definition) is 1. The molecule has 0 heterocycles. The molecule has 0 amide bonds. The summed E-state index contributed by atoms with van der Waals surface area (Å²) in [7, 11) is 0. The van der Waals surface area contributed by atoms with Crippen molar-refractivity contribution in [2.75, 3.05) is 6.26 Å². The van der Waals surface area contributed by atoms with E-state index >= 15 is 0 Å². The van der Waals surface area contributed by atoms with E-state index in [4.69, 9.17) is 5.73 Å². The first-order chi connectivity index (χ1) is 6.16. The van der Waals surface area contributed by atoms with Crippen molar-refractivity contribution in [3.63, 3.8) is 0 Å². The Labute approximate surface area is 82.5 Å². The molecule has 1 aromatic rings. The number of benzene rings is 1. The summed E-state index contributed by atoms with van der Waals surface area (Å²) in [4.78, 5) is 12.2. The molecule has 0 aliphatic heterocycles. The van der Waals surface area contributed by atoms with Crippen LogP contribution in [0, 0.1) is 0 Å². The number of nitrogens with two attached hydrogens (primary N) is 1. The number of thioether (sulfide) groups is 1. The maximum atomic E-state index is 11.1. The Morgan fingerprint density at radius 2 is 2.08 bits per heavy atom. The van der Waals surface area contributed by atoms with Crippen LogP contribution in [0.5, 0.6) is 0 Å². The normalized spacial score (nSPS) is 12.5. The van der Waals surface area contributed by atoms with Gasteiger partial charge >= 0.3 is 0 Å². The third-order valence-corrected chi connectivity index (χ3v) is 2.72. The lowest BCUT2D eigenvalue weighted by atomic mass is 10.1. The Balaban J connectivity index is 3.05. The molecule has 0 aliphatic rings. The Morgan fingerprint density at radius 1 is 1.46 bits per heavy atom. The van der Waals surface area contributed by atoms with Gasteiger partial charge in [-0.05, 0) is 24.8 Å². The van der Waals surface area contributed by atoms with Gasteiger partial charge in [-0.2, -0.15) is 0 Å². The minimum absolute atomic E-state index is 0.00139. The van der Waals surface area contributed by atoms with Crippen LogP contribution in [0.15, 0.2) is 29.2 Å². The lowest BCUT2D eigenvalue weighted by Crippen LogP contribution is -2.19. The second-order valence-electron chi connectivity index (χ2n) is 2.83. The molecule has 0 fully saturated rings. The van der Waals surface area contributed by atoms with Crippen molar-refractivity contribution < 1.29 is 4.79 Å².